The summed E-state index contributed by atoms with van der Waals surface area (Å²) < 4.78 is 0. The average Bonchev–Trinajstić information content (AvgIpc) is 2.75. The number of guanidine groups is 1. The van der Waals surface area contributed by atoms with Crippen molar-refractivity contribution in [1.82, 2.24) is 10.7 Å². The van der Waals surface area contributed by atoms with Gasteiger partial charge in [0.1, 0.15) is 5.78 Å². The van der Waals surface area contributed by atoms with Crippen molar-refractivity contribution in [1.29, 1.82) is 0 Å². The molecule has 1 rings (SSSR count). The van der Waals surface area contributed by atoms with Crippen molar-refractivity contribution < 1.29 is 24.7 Å². The van der Waals surface area contributed by atoms with Crippen LogP contribution in [0.15, 0.2) is 35.3 Å². The van der Waals surface area contributed by atoms with E-state index in [-0.39, 0.29) is 42.8 Å². The maximum absolute atomic E-state index is 12.9. The molecule has 6 N–H and O–H groups in total. The lowest BCUT2D eigenvalue weighted by atomic mass is 9.74. The topological polar surface area (TPSA) is 180 Å². The van der Waals surface area contributed by atoms with Crippen LogP contribution < -0.4 is 16.5 Å². The summed E-state index contributed by atoms with van der Waals surface area (Å²) in [7, 11) is -1.72. The molecule has 13 heteroatoms. The molecule has 1 aromatic carbocycles. The minimum Gasteiger partial charge on any atom is -0.426 e. The molecule has 2 atom stereocenters. The molecule has 1 aromatic rings. The van der Waals surface area contributed by atoms with E-state index in [0.29, 0.717) is 18.6 Å². The van der Waals surface area contributed by atoms with Crippen molar-refractivity contribution in [2.75, 3.05) is 12.3 Å². The van der Waals surface area contributed by atoms with E-state index < -0.39 is 29.9 Å². The fraction of sp³-hybridized carbons (Fsp3) is 0.571. The lowest BCUT2D eigenvalue weighted by Crippen LogP contribution is -2.49. The largest absolute Gasteiger partial charge is 0.475 e. The quantitative estimate of drug-likeness (QED) is 0.0556. The number of aliphatic imine (C=N–C) groups is 1. The summed E-state index contributed by atoms with van der Waals surface area (Å²) >= 11 is 1.46. The number of nitrogens with one attached hydrogen (secondary N) is 2. The second-order valence-corrected chi connectivity index (χ2v) is 9.34. The Bertz CT molecular complexity index is 812. The van der Waals surface area contributed by atoms with Crippen molar-refractivity contribution in [3.8, 4) is 0 Å². The zero-order valence-corrected chi connectivity index (χ0v) is 20.4. The highest BCUT2D eigenvalue weighted by molar-refractivity contribution is 7.99. The van der Waals surface area contributed by atoms with Gasteiger partial charge in [-0.1, -0.05) is 49.6 Å². The van der Waals surface area contributed by atoms with Crippen LogP contribution in [0.5, 0.6) is 0 Å². The first-order chi connectivity index (χ1) is 16.1. The summed E-state index contributed by atoms with van der Waals surface area (Å²) in [5, 5.41) is 31.4. The van der Waals surface area contributed by atoms with Gasteiger partial charge in [0.25, 0.3) is 5.96 Å². The third-order valence-electron chi connectivity index (χ3n) is 4.83. The molecule has 0 saturated carbocycles. The second kappa shape index (κ2) is 16.1. The number of amides is 1. The number of carbonyl (C=O) groups is 2. The van der Waals surface area contributed by atoms with Crippen LogP contribution in [0.3, 0.4) is 0 Å². The summed E-state index contributed by atoms with van der Waals surface area (Å²) in [5.41, 5.74) is 8.22. The third-order valence-corrected chi connectivity index (χ3v) is 5.89. The van der Waals surface area contributed by atoms with Crippen LogP contribution in [0.1, 0.15) is 45.1 Å². The van der Waals surface area contributed by atoms with Crippen molar-refractivity contribution >= 4 is 36.5 Å². The Morgan fingerprint density at radius 3 is 2.53 bits per heavy atom. The number of hydrazine groups is 1. The predicted octanol–water partition coefficient (Wildman–Crippen LogP) is 0.914. The molecule has 0 radical (unpaired) electrons. The molecule has 0 saturated heterocycles. The van der Waals surface area contributed by atoms with Gasteiger partial charge in [0.05, 0.1) is 11.7 Å². The van der Waals surface area contributed by atoms with E-state index in [1.165, 1.54) is 11.8 Å². The summed E-state index contributed by atoms with van der Waals surface area (Å²) in [5.74, 6) is -1.39. The average molecular weight is 495 g/mol. The van der Waals surface area contributed by atoms with Gasteiger partial charge in [0, 0.05) is 24.6 Å². The molecule has 0 bridgehead atoms. The van der Waals surface area contributed by atoms with E-state index in [1.54, 1.807) is 5.43 Å². The Kier molecular flexibility index (Phi) is 13.9. The fourth-order valence-electron chi connectivity index (χ4n) is 3.25. The number of rotatable bonds is 16. The molecule has 0 aromatic heterocycles. The molecule has 0 aliphatic rings. The number of nitro groups is 1. The number of Topliss-reactive ketones (excluding diaryl/α,β-unsaturated/α-hetero) is 1. The first kappa shape index (κ1) is 29.4. The van der Waals surface area contributed by atoms with Crippen LogP contribution >= 0.6 is 11.8 Å². The van der Waals surface area contributed by atoms with Gasteiger partial charge in [-0.15, -0.1) is 11.8 Å². The van der Waals surface area contributed by atoms with Gasteiger partial charge < -0.3 is 21.1 Å². The monoisotopic (exact) mass is 495 g/mol. The normalized spacial score (nSPS) is 13.3. The number of hydrogen-bond acceptors (Lipinski definition) is 8. The number of hydrogen-bond donors (Lipinski definition) is 5. The van der Waals surface area contributed by atoms with Crippen LogP contribution in [0.4, 0.5) is 0 Å². The zero-order chi connectivity index (χ0) is 25.5. The smallest absolute Gasteiger partial charge is 0.426 e. The third kappa shape index (κ3) is 13.2. The molecule has 188 valence electrons. The Balaban J connectivity index is 2.71. The van der Waals surface area contributed by atoms with Crippen LogP contribution in [0.25, 0.3) is 0 Å². The molecular formula is C21H34BN5O6S. The van der Waals surface area contributed by atoms with Crippen molar-refractivity contribution in [3.63, 3.8) is 0 Å². The predicted molar refractivity (Wildman–Crippen MR) is 133 cm³/mol. The van der Waals surface area contributed by atoms with Crippen LogP contribution in [-0.4, -0.2) is 58.1 Å². The van der Waals surface area contributed by atoms with Gasteiger partial charge in [-0.25, -0.2) is 15.1 Å². The molecule has 34 heavy (non-hydrogen) atoms. The van der Waals surface area contributed by atoms with E-state index in [1.807, 2.05) is 44.2 Å². The van der Waals surface area contributed by atoms with Gasteiger partial charge in [-0.05, 0) is 30.7 Å². The lowest BCUT2D eigenvalue weighted by molar-refractivity contribution is -0.525. The van der Waals surface area contributed by atoms with Gasteiger partial charge in [-0.3, -0.25) is 9.59 Å². The second-order valence-electron chi connectivity index (χ2n) is 8.35. The summed E-state index contributed by atoms with van der Waals surface area (Å²) in [6, 6.07) is 9.73. The molecule has 0 heterocycles. The minimum atomic E-state index is -1.72. The molecule has 11 nitrogen and oxygen atoms in total. The SMILES string of the molecule is CC(C)C[C@H](NC(=O)[C@H](CCCN=C(N)N[N+](=O)[O-])CC(=O)CSCc1ccccc1)B(O)O. The van der Waals surface area contributed by atoms with E-state index in [0.717, 1.165) is 5.56 Å². The highest BCUT2D eigenvalue weighted by Gasteiger charge is 2.29. The molecule has 0 aliphatic heterocycles. The fourth-order valence-corrected chi connectivity index (χ4v) is 4.12. The van der Waals surface area contributed by atoms with Crippen LogP contribution in [0, 0.1) is 22.0 Å². The Morgan fingerprint density at radius 1 is 1.26 bits per heavy atom. The molecule has 0 fully saturated rings. The van der Waals surface area contributed by atoms with E-state index >= 15 is 0 Å². The number of carbonyl (C=O) groups excluding carboxylic acids is 2. The van der Waals surface area contributed by atoms with Gasteiger partial charge >= 0.3 is 7.12 Å². The van der Waals surface area contributed by atoms with Gasteiger partial charge in [0.2, 0.25) is 5.91 Å². The first-order valence-corrected chi connectivity index (χ1v) is 12.2. The standard InChI is InChI=1S/C21H34BN5O6S/c1-15(2)11-19(22(30)31)25-20(29)17(9-6-10-24-21(23)26-27(32)33)12-18(28)14-34-13-16-7-4-3-5-8-16/h3-5,7-8,15,17,19,30-31H,6,9-14H2,1-2H3,(H,25,29)(H3,23,24,26)/t17-,19+/m1/s1. The Labute approximate surface area is 204 Å². The molecule has 0 unspecified atom stereocenters. The first-order valence-electron chi connectivity index (χ1n) is 11.1. The Hall–Kier alpha value is -2.64. The summed E-state index contributed by atoms with van der Waals surface area (Å²) in [6.45, 7) is 3.92. The van der Waals surface area contributed by atoms with Crippen LogP contribution in [0.2, 0.25) is 0 Å². The maximum atomic E-state index is 12.9. The van der Waals surface area contributed by atoms with Crippen molar-refractivity contribution in [2.45, 2.75) is 51.2 Å². The lowest BCUT2D eigenvalue weighted by Gasteiger charge is -2.23. The van der Waals surface area contributed by atoms with E-state index in [9.17, 15) is 29.8 Å². The van der Waals surface area contributed by atoms with Gasteiger partial charge in [-0.2, -0.15) is 0 Å². The molecule has 0 spiro atoms. The number of nitrogens with two attached hydrogens (primary N) is 1. The van der Waals surface area contributed by atoms with E-state index in [2.05, 4.69) is 10.3 Å². The summed E-state index contributed by atoms with van der Waals surface area (Å²) in [4.78, 5) is 39.7. The highest BCUT2D eigenvalue weighted by Crippen LogP contribution is 2.18. The number of thioether (sulfide) groups is 1. The van der Waals surface area contributed by atoms with Crippen molar-refractivity contribution in [2.24, 2.45) is 22.6 Å². The minimum absolute atomic E-state index is 0.00408. The number of benzene rings is 1. The van der Waals surface area contributed by atoms with E-state index in [4.69, 9.17) is 5.73 Å². The molecule has 1 amide bonds. The van der Waals surface area contributed by atoms with Gasteiger partial charge in [0.15, 0.2) is 5.03 Å². The zero-order valence-electron chi connectivity index (χ0n) is 19.6. The maximum Gasteiger partial charge on any atom is 0.475 e. The summed E-state index contributed by atoms with van der Waals surface area (Å²) in [6.07, 6.45) is 1.01. The number of nitrogens with zero attached hydrogens (tertiary/aromatic N) is 2. The molecule has 0 aliphatic carbocycles. The van der Waals surface area contributed by atoms with Crippen LogP contribution in [-0.2, 0) is 15.3 Å². The van der Waals surface area contributed by atoms with Crippen molar-refractivity contribution in [3.05, 3.63) is 46.0 Å². The Morgan fingerprint density at radius 2 is 1.94 bits per heavy atom. The number of ketones is 1. The molecular weight excluding hydrogens is 461 g/mol. The highest BCUT2D eigenvalue weighted by atomic mass is 32.2.